The minimum atomic E-state index is -0.366. The predicted molar refractivity (Wildman–Crippen MR) is 152 cm³/mol. The van der Waals surface area contributed by atoms with Crippen molar-refractivity contribution < 1.29 is 19.3 Å². The van der Waals surface area contributed by atoms with Gasteiger partial charge < -0.3 is 20.3 Å². The molecule has 3 N–H and O–H groups in total. The minimum absolute atomic E-state index is 0.183. The molecule has 0 aliphatic carbocycles. The molecule has 198 valence electrons. The van der Waals surface area contributed by atoms with Crippen molar-refractivity contribution in [2.75, 3.05) is 19.8 Å². The van der Waals surface area contributed by atoms with Crippen molar-refractivity contribution in [1.29, 1.82) is 0 Å². The zero-order chi connectivity index (χ0) is 26.7. The van der Waals surface area contributed by atoms with Gasteiger partial charge in [-0.3, -0.25) is 4.39 Å². The maximum absolute atomic E-state index is 12.1. The molecule has 1 unspecified atom stereocenters. The van der Waals surface area contributed by atoms with Crippen molar-refractivity contribution >= 4 is 11.1 Å². The van der Waals surface area contributed by atoms with Gasteiger partial charge in [-0.05, 0) is 85.5 Å². The molecule has 1 atom stereocenters. The van der Waals surface area contributed by atoms with Gasteiger partial charge in [-0.25, -0.2) is 0 Å². The summed E-state index contributed by atoms with van der Waals surface area (Å²) in [5.74, 6) is 7.50. The monoisotopic (exact) mass is 513 g/mol. The number of phenols is 2. The van der Waals surface area contributed by atoms with E-state index in [4.69, 9.17) is 4.74 Å². The topological polar surface area (TPSA) is 61.7 Å². The third-order valence-corrected chi connectivity index (χ3v) is 6.83. The molecule has 0 amide bonds. The van der Waals surface area contributed by atoms with Crippen LogP contribution in [0.2, 0.25) is 0 Å². The summed E-state index contributed by atoms with van der Waals surface area (Å²) >= 11 is 0. The molecule has 0 saturated heterocycles. The van der Waals surface area contributed by atoms with Gasteiger partial charge >= 0.3 is 0 Å². The number of alkyl halides is 1. The zero-order valence-electron chi connectivity index (χ0n) is 22.0. The first-order valence-electron chi connectivity index (χ1n) is 13.4. The fourth-order valence-electron chi connectivity index (χ4n) is 4.81. The van der Waals surface area contributed by atoms with Crippen LogP contribution in [0.5, 0.6) is 17.2 Å². The maximum Gasteiger partial charge on any atom is 0.150 e. The number of benzene rings is 3. The molecule has 3 aromatic carbocycles. The van der Waals surface area contributed by atoms with Crippen LogP contribution in [0.25, 0.3) is 11.1 Å². The number of rotatable bonds is 11. The van der Waals surface area contributed by atoms with Crippen molar-refractivity contribution in [3.63, 3.8) is 0 Å². The van der Waals surface area contributed by atoms with Gasteiger partial charge in [-0.15, -0.1) is 0 Å². The number of halogens is 1. The lowest BCUT2D eigenvalue weighted by Crippen LogP contribution is -2.16. The minimum Gasteiger partial charge on any atom is -0.508 e. The van der Waals surface area contributed by atoms with Crippen LogP contribution in [0.4, 0.5) is 4.39 Å². The molecule has 4 nitrogen and oxygen atoms in total. The van der Waals surface area contributed by atoms with Gasteiger partial charge in [0.05, 0.1) is 13.2 Å². The van der Waals surface area contributed by atoms with Crippen LogP contribution >= 0.6 is 0 Å². The third-order valence-electron chi connectivity index (χ3n) is 6.83. The number of nitrogens with one attached hydrogen (secondary N) is 1. The van der Waals surface area contributed by atoms with Gasteiger partial charge in [-0.1, -0.05) is 61.8 Å². The molecule has 0 spiro atoms. The Morgan fingerprint density at radius 2 is 1.61 bits per heavy atom. The fraction of sp³-hybridized carbons (Fsp3) is 0.333. The van der Waals surface area contributed by atoms with Gasteiger partial charge in [0.1, 0.15) is 23.4 Å². The lowest BCUT2D eigenvalue weighted by atomic mass is 9.86. The highest BCUT2D eigenvalue weighted by Gasteiger charge is 2.29. The molecule has 0 radical (unpaired) electrons. The van der Waals surface area contributed by atoms with Crippen LogP contribution in [0, 0.1) is 11.8 Å². The van der Waals surface area contributed by atoms with Crippen molar-refractivity contribution in [2.45, 2.75) is 51.6 Å². The van der Waals surface area contributed by atoms with Crippen LogP contribution in [-0.4, -0.2) is 30.0 Å². The van der Waals surface area contributed by atoms with E-state index in [9.17, 15) is 14.6 Å². The van der Waals surface area contributed by atoms with Crippen molar-refractivity contribution in [3.05, 3.63) is 89.0 Å². The van der Waals surface area contributed by atoms with E-state index in [-0.39, 0.29) is 24.3 Å². The molecule has 0 aromatic heterocycles. The highest BCUT2D eigenvalue weighted by molar-refractivity contribution is 5.95. The first-order chi connectivity index (χ1) is 18.6. The summed E-state index contributed by atoms with van der Waals surface area (Å²) < 4.78 is 18.5. The highest BCUT2D eigenvalue weighted by atomic mass is 19.1. The summed E-state index contributed by atoms with van der Waals surface area (Å²) in [5, 5.41) is 23.6. The van der Waals surface area contributed by atoms with E-state index in [1.807, 2.05) is 43.3 Å². The fourth-order valence-corrected chi connectivity index (χ4v) is 4.81. The largest absolute Gasteiger partial charge is 0.508 e. The van der Waals surface area contributed by atoms with E-state index in [2.05, 4.69) is 17.2 Å². The Labute approximate surface area is 225 Å². The average Bonchev–Trinajstić information content (AvgIpc) is 2.92. The number of hydrogen-bond acceptors (Lipinski definition) is 4. The Morgan fingerprint density at radius 1 is 0.868 bits per heavy atom. The number of allylic oxidation sites excluding steroid dienone is 1. The number of hydrogen-bond donors (Lipinski definition) is 3. The standard InChI is InChI=1S/C33H36FNO3/c1-24-30-23-29(37)17-18-31(30)38-33(32(24)27-11-8-12-28(36)22-27)26-15-13-25(14-16-26)10-9-21-35-20-7-5-3-2-4-6-19-34/h8,11-18,22-23,33,35-37H,2-7,19-21H2,1H3. The highest BCUT2D eigenvalue weighted by Crippen LogP contribution is 2.47. The van der Waals surface area contributed by atoms with Crippen LogP contribution in [-0.2, 0) is 0 Å². The molecule has 1 heterocycles. The van der Waals surface area contributed by atoms with Crippen molar-refractivity contribution in [2.24, 2.45) is 0 Å². The molecular weight excluding hydrogens is 477 g/mol. The Kier molecular flexibility index (Phi) is 9.84. The Bertz CT molecular complexity index is 1300. The number of aromatic hydroxyl groups is 2. The van der Waals surface area contributed by atoms with E-state index in [1.54, 1.807) is 30.3 Å². The van der Waals surface area contributed by atoms with Crippen LogP contribution in [0.3, 0.4) is 0 Å². The number of phenolic OH excluding ortho intramolecular Hbond substituents is 2. The first-order valence-corrected chi connectivity index (χ1v) is 13.4. The molecule has 1 aliphatic heterocycles. The first kappa shape index (κ1) is 27.3. The summed E-state index contributed by atoms with van der Waals surface area (Å²) in [7, 11) is 0. The lowest BCUT2D eigenvalue weighted by molar-refractivity contribution is 0.259. The summed E-state index contributed by atoms with van der Waals surface area (Å²) in [6.07, 6.45) is 5.89. The van der Waals surface area contributed by atoms with Gasteiger partial charge in [0.25, 0.3) is 0 Å². The number of ether oxygens (including phenoxy) is 1. The lowest BCUT2D eigenvalue weighted by Gasteiger charge is -2.31. The summed E-state index contributed by atoms with van der Waals surface area (Å²) in [6.45, 7) is 3.41. The quantitative estimate of drug-likeness (QED) is 0.185. The maximum atomic E-state index is 12.1. The smallest absolute Gasteiger partial charge is 0.150 e. The van der Waals surface area contributed by atoms with E-state index < -0.39 is 0 Å². The number of fused-ring (bicyclic) bond motifs is 1. The second-order valence-corrected chi connectivity index (χ2v) is 9.68. The van der Waals surface area contributed by atoms with Gasteiger partial charge in [0, 0.05) is 16.7 Å². The van der Waals surface area contributed by atoms with E-state index in [0.29, 0.717) is 18.7 Å². The zero-order valence-corrected chi connectivity index (χ0v) is 22.0. The Morgan fingerprint density at radius 3 is 2.37 bits per heavy atom. The molecule has 1 aliphatic rings. The molecule has 0 fully saturated rings. The van der Waals surface area contributed by atoms with Gasteiger partial charge in [0.2, 0.25) is 0 Å². The van der Waals surface area contributed by atoms with Crippen LogP contribution in [0.15, 0.2) is 66.7 Å². The summed E-state index contributed by atoms with van der Waals surface area (Å²) in [6, 6.07) is 20.4. The average molecular weight is 514 g/mol. The summed E-state index contributed by atoms with van der Waals surface area (Å²) in [4.78, 5) is 0. The predicted octanol–water partition coefficient (Wildman–Crippen LogP) is 7.41. The van der Waals surface area contributed by atoms with Crippen molar-refractivity contribution in [3.8, 4) is 29.1 Å². The molecule has 38 heavy (non-hydrogen) atoms. The Balaban J connectivity index is 1.41. The Hall–Kier alpha value is -3.75. The molecule has 3 aromatic rings. The van der Waals surface area contributed by atoms with E-state index in [1.165, 1.54) is 12.8 Å². The van der Waals surface area contributed by atoms with Gasteiger partial charge in [0.15, 0.2) is 0 Å². The van der Waals surface area contributed by atoms with E-state index >= 15 is 0 Å². The second kappa shape index (κ2) is 13.7. The normalized spacial score (nSPS) is 14.4. The third kappa shape index (κ3) is 7.18. The summed E-state index contributed by atoms with van der Waals surface area (Å²) in [5.41, 5.74) is 5.57. The van der Waals surface area contributed by atoms with Crippen LogP contribution < -0.4 is 10.1 Å². The van der Waals surface area contributed by atoms with Gasteiger partial charge in [-0.2, -0.15) is 0 Å². The molecule has 0 saturated carbocycles. The molecule has 0 bridgehead atoms. The van der Waals surface area contributed by atoms with Crippen molar-refractivity contribution in [1.82, 2.24) is 5.32 Å². The van der Waals surface area contributed by atoms with Crippen LogP contribution in [0.1, 0.15) is 73.8 Å². The SMILES string of the molecule is CC1=C(c2cccc(O)c2)C(c2ccc(C#CCNCCCCCCCCF)cc2)Oc2ccc(O)cc21. The molecule has 5 heteroatoms. The molecular formula is C33H36FNO3. The molecule has 4 rings (SSSR count). The van der Waals surface area contributed by atoms with E-state index in [0.717, 1.165) is 59.2 Å². The number of unbranched alkanes of at least 4 members (excludes halogenated alkanes) is 5. The second-order valence-electron chi connectivity index (χ2n) is 9.68.